The normalized spacial score (nSPS) is 13.7. The molecule has 3 aromatic carbocycles. The first kappa shape index (κ1) is 25.9. The Kier molecular flexibility index (Phi) is 7.17. The van der Waals surface area contributed by atoms with E-state index in [1.54, 1.807) is 48.7 Å². The van der Waals surface area contributed by atoms with Crippen LogP contribution in [0.25, 0.3) is 11.0 Å². The second kappa shape index (κ2) is 10.5. The molecule has 9 heteroatoms. The maximum Gasteiger partial charge on any atom is 0.417 e. The zero-order valence-corrected chi connectivity index (χ0v) is 21.0. The van der Waals surface area contributed by atoms with E-state index in [2.05, 4.69) is 9.88 Å². The van der Waals surface area contributed by atoms with Gasteiger partial charge in [-0.2, -0.15) is 13.2 Å². The third-order valence-electron chi connectivity index (χ3n) is 6.58. The molecule has 1 fully saturated rings. The van der Waals surface area contributed by atoms with Crippen molar-refractivity contribution in [3.05, 3.63) is 99.7 Å². The molecule has 1 aliphatic heterocycles. The van der Waals surface area contributed by atoms with Gasteiger partial charge in [0.15, 0.2) is 5.78 Å². The second-order valence-electron chi connectivity index (χ2n) is 9.36. The molecular weight excluding hydrogens is 515 g/mol. The number of benzene rings is 3. The van der Waals surface area contributed by atoms with Gasteiger partial charge in [0.25, 0.3) is 0 Å². The molecule has 0 radical (unpaired) electrons. The first-order chi connectivity index (χ1) is 18.2. The molecule has 0 N–H and O–H groups in total. The highest BCUT2D eigenvalue weighted by molar-refractivity contribution is 6.31. The van der Waals surface area contributed by atoms with E-state index >= 15 is 0 Å². The van der Waals surface area contributed by atoms with E-state index in [0.717, 1.165) is 43.9 Å². The summed E-state index contributed by atoms with van der Waals surface area (Å²) in [7, 11) is 0. The molecule has 0 aliphatic carbocycles. The molecule has 1 aromatic heterocycles. The van der Waals surface area contributed by atoms with E-state index in [1.165, 1.54) is 6.07 Å². The summed E-state index contributed by atoms with van der Waals surface area (Å²) in [6.07, 6.45) is -0.703. The number of ketones is 2. The van der Waals surface area contributed by atoms with Crippen molar-refractivity contribution in [2.24, 2.45) is 0 Å². The first-order valence-corrected chi connectivity index (χ1v) is 12.6. The lowest BCUT2D eigenvalue weighted by Crippen LogP contribution is -2.19. The number of Topliss-reactive ketones (excluding diaryl/α,β-unsaturated/α-hetero) is 1. The fourth-order valence-corrected chi connectivity index (χ4v) is 4.82. The van der Waals surface area contributed by atoms with Crippen LogP contribution in [0.3, 0.4) is 0 Å². The van der Waals surface area contributed by atoms with Gasteiger partial charge in [-0.15, -0.1) is 0 Å². The van der Waals surface area contributed by atoms with Gasteiger partial charge >= 0.3 is 6.18 Å². The molecule has 38 heavy (non-hydrogen) atoms. The Bertz CT molecular complexity index is 1510. The van der Waals surface area contributed by atoms with Gasteiger partial charge in [0.05, 0.1) is 27.8 Å². The van der Waals surface area contributed by atoms with Crippen molar-refractivity contribution < 1.29 is 22.8 Å². The Morgan fingerprint density at radius 1 is 0.842 bits per heavy atom. The Morgan fingerprint density at radius 3 is 2.21 bits per heavy atom. The Hall–Kier alpha value is -3.78. The lowest BCUT2D eigenvalue weighted by Gasteiger charge is -2.16. The van der Waals surface area contributed by atoms with Crippen LogP contribution in [0, 0.1) is 0 Å². The Morgan fingerprint density at radius 2 is 1.50 bits per heavy atom. The molecule has 0 unspecified atom stereocenters. The number of hydrogen-bond donors (Lipinski definition) is 0. The number of nitrogens with zero attached hydrogens (tertiary/aromatic N) is 3. The summed E-state index contributed by atoms with van der Waals surface area (Å²) in [6, 6.07) is 15.4. The summed E-state index contributed by atoms with van der Waals surface area (Å²) >= 11 is 5.65. The standard InChI is InChI=1S/C29H23ClF3N3O2/c30-24-9-5-19(15-23(24)29(31,32)33)14-22(37)13-18-3-6-20(7-4-18)28(38)21-8-10-25-26(16-21)35-27(17-34-25)36-11-1-2-12-36/h3-10,15-17H,1-2,11-14H2. The molecule has 0 saturated carbocycles. The summed E-state index contributed by atoms with van der Waals surface area (Å²) < 4.78 is 39.3. The monoisotopic (exact) mass is 537 g/mol. The van der Waals surface area contributed by atoms with Gasteiger partial charge in [-0.3, -0.25) is 14.6 Å². The average molecular weight is 538 g/mol. The van der Waals surface area contributed by atoms with Crippen molar-refractivity contribution in [2.45, 2.75) is 31.9 Å². The highest BCUT2D eigenvalue weighted by Gasteiger charge is 2.33. The van der Waals surface area contributed by atoms with Crippen LogP contribution in [0.5, 0.6) is 0 Å². The molecule has 2 heterocycles. The zero-order valence-electron chi connectivity index (χ0n) is 20.3. The molecule has 0 bridgehead atoms. The van der Waals surface area contributed by atoms with Crippen LogP contribution in [-0.2, 0) is 23.8 Å². The van der Waals surface area contributed by atoms with E-state index in [0.29, 0.717) is 27.7 Å². The van der Waals surface area contributed by atoms with Crippen molar-refractivity contribution in [1.82, 2.24) is 9.97 Å². The van der Waals surface area contributed by atoms with E-state index in [-0.39, 0.29) is 30.0 Å². The van der Waals surface area contributed by atoms with Crippen LogP contribution < -0.4 is 4.90 Å². The van der Waals surface area contributed by atoms with Crippen LogP contribution in [-0.4, -0.2) is 34.6 Å². The first-order valence-electron chi connectivity index (χ1n) is 12.2. The number of alkyl halides is 3. The summed E-state index contributed by atoms with van der Waals surface area (Å²) in [5.74, 6) is 0.377. The zero-order chi connectivity index (χ0) is 26.9. The number of carbonyl (C=O) groups excluding carboxylic acids is 2. The van der Waals surface area contributed by atoms with Crippen molar-refractivity contribution in [1.29, 1.82) is 0 Å². The minimum atomic E-state index is -4.59. The Labute approximate surface area is 222 Å². The molecular formula is C29H23ClF3N3O2. The Balaban J connectivity index is 1.27. The predicted octanol–water partition coefficient (Wildman–Crippen LogP) is 6.49. The van der Waals surface area contributed by atoms with E-state index in [9.17, 15) is 22.8 Å². The SMILES string of the molecule is O=C(Cc1ccc(C(=O)c2ccc3ncc(N4CCCC4)nc3c2)cc1)Cc1ccc(Cl)c(C(F)(F)F)c1. The van der Waals surface area contributed by atoms with Crippen molar-refractivity contribution in [2.75, 3.05) is 18.0 Å². The molecule has 5 rings (SSSR count). The third-order valence-corrected chi connectivity index (χ3v) is 6.91. The maximum atomic E-state index is 13.1. The van der Waals surface area contributed by atoms with Gasteiger partial charge in [-0.05, 0) is 54.3 Å². The number of rotatable bonds is 7. The molecule has 5 nitrogen and oxygen atoms in total. The average Bonchev–Trinajstić information content (AvgIpc) is 3.44. The topological polar surface area (TPSA) is 63.2 Å². The van der Waals surface area contributed by atoms with Crippen LogP contribution in [0.2, 0.25) is 5.02 Å². The molecule has 0 amide bonds. The van der Waals surface area contributed by atoms with Crippen LogP contribution in [0.4, 0.5) is 19.0 Å². The van der Waals surface area contributed by atoms with Crippen molar-refractivity contribution in [3.63, 3.8) is 0 Å². The third kappa shape index (κ3) is 5.70. The number of aromatic nitrogens is 2. The fraction of sp³-hybridized carbons (Fsp3) is 0.241. The number of hydrogen-bond acceptors (Lipinski definition) is 5. The molecule has 1 aliphatic rings. The largest absolute Gasteiger partial charge is 0.417 e. The number of anilines is 1. The number of carbonyl (C=O) groups is 2. The quantitative estimate of drug-likeness (QED) is 0.252. The van der Waals surface area contributed by atoms with Gasteiger partial charge in [0, 0.05) is 37.1 Å². The lowest BCUT2D eigenvalue weighted by atomic mass is 9.98. The highest BCUT2D eigenvalue weighted by atomic mass is 35.5. The molecule has 0 spiro atoms. The maximum absolute atomic E-state index is 13.1. The second-order valence-corrected chi connectivity index (χ2v) is 9.76. The highest BCUT2D eigenvalue weighted by Crippen LogP contribution is 2.35. The minimum absolute atomic E-state index is 0.0310. The van der Waals surface area contributed by atoms with Crippen LogP contribution in [0.15, 0.2) is 66.9 Å². The summed E-state index contributed by atoms with van der Waals surface area (Å²) in [6.45, 7) is 1.89. The molecule has 194 valence electrons. The fourth-order valence-electron chi connectivity index (χ4n) is 4.60. The molecule has 1 saturated heterocycles. The number of halogens is 4. The minimum Gasteiger partial charge on any atom is -0.355 e. The molecule has 4 aromatic rings. The van der Waals surface area contributed by atoms with Gasteiger partial charge < -0.3 is 4.90 Å². The number of fused-ring (bicyclic) bond motifs is 1. The summed E-state index contributed by atoms with van der Waals surface area (Å²) in [4.78, 5) is 37.0. The predicted molar refractivity (Wildman–Crippen MR) is 140 cm³/mol. The van der Waals surface area contributed by atoms with Gasteiger partial charge in [0.1, 0.15) is 11.6 Å². The van der Waals surface area contributed by atoms with E-state index in [1.807, 2.05) is 0 Å². The lowest BCUT2D eigenvalue weighted by molar-refractivity contribution is -0.137. The summed E-state index contributed by atoms with van der Waals surface area (Å²) in [5, 5.41) is -0.403. The van der Waals surface area contributed by atoms with Crippen molar-refractivity contribution in [3.8, 4) is 0 Å². The van der Waals surface area contributed by atoms with Gasteiger partial charge in [0.2, 0.25) is 0 Å². The van der Waals surface area contributed by atoms with Crippen LogP contribution in [0.1, 0.15) is 45.5 Å². The van der Waals surface area contributed by atoms with E-state index < -0.39 is 16.8 Å². The van der Waals surface area contributed by atoms with Crippen LogP contribution >= 0.6 is 11.6 Å². The van der Waals surface area contributed by atoms with Gasteiger partial charge in [-0.1, -0.05) is 41.9 Å². The molecule has 0 atom stereocenters. The van der Waals surface area contributed by atoms with Gasteiger partial charge in [-0.25, -0.2) is 4.98 Å². The smallest absolute Gasteiger partial charge is 0.355 e. The van der Waals surface area contributed by atoms with E-state index in [4.69, 9.17) is 16.6 Å². The summed E-state index contributed by atoms with van der Waals surface area (Å²) in [5.41, 5.74) is 2.25. The van der Waals surface area contributed by atoms with Crippen molar-refractivity contribution >= 4 is 40.0 Å².